The topological polar surface area (TPSA) is 38.8 Å². The second kappa shape index (κ2) is 11.6. The van der Waals surface area contributed by atoms with E-state index in [1.165, 1.54) is 12.2 Å². The van der Waals surface area contributed by atoms with Crippen LogP contribution >= 0.6 is 0 Å². The summed E-state index contributed by atoms with van der Waals surface area (Å²) < 4.78 is 6.78. The molecule has 5 heteroatoms. The van der Waals surface area contributed by atoms with Gasteiger partial charge in [0.25, 0.3) is 5.91 Å². The average molecular weight is 396 g/mol. The van der Waals surface area contributed by atoms with Crippen LogP contribution in [0.4, 0.5) is 0 Å². The van der Waals surface area contributed by atoms with E-state index in [1.807, 2.05) is 25.2 Å². The molecule has 0 aliphatic heterocycles. The zero-order chi connectivity index (χ0) is 21.3. The number of allylic oxidation sites excluding steroid dienone is 4. The predicted molar refractivity (Wildman–Crippen MR) is 118 cm³/mol. The fourth-order valence-corrected chi connectivity index (χ4v) is 3.90. The van der Waals surface area contributed by atoms with E-state index < -0.39 is 8.32 Å². The minimum Gasteiger partial charge on any atom is -0.413 e. The first kappa shape index (κ1) is 25.8. The van der Waals surface area contributed by atoms with Crippen LogP contribution in [0.15, 0.2) is 36.5 Å². The smallest absolute Gasteiger partial charge is 0.269 e. The molecule has 0 fully saturated rings. The second-order valence-electron chi connectivity index (χ2n) is 8.75. The van der Waals surface area contributed by atoms with Crippen LogP contribution in [-0.2, 0) is 14.1 Å². The minimum atomic E-state index is -1.92. The van der Waals surface area contributed by atoms with Crippen LogP contribution in [0.25, 0.3) is 0 Å². The molecule has 0 aliphatic rings. The number of rotatable bonds is 10. The Kier molecular flexibility index (Phi) is 11.1. The van der Waals surface area contributed by atoms with Gasteiger partial charge in [0.2, 0.25) is 0 Å². The summed E-state index contributed by atoms with van der Waals surface area (Å²) in [6.45, 7) is 17.7. The third-order valence-corrected chi connectivity index (χ3v) is 9.86. The molecule has 156 valence electrons. The number of hydroxylamine groups is 2. The number of carbonyl (C=O) groups excluding carboxylic acids is 1. The van der Waals surface area contributed by atoms with Gasteiger partial charge < -0.3 is 4.43 Å². The van der Waals surface area contributed by atoms with E-state index >= 15 is 0 Å². The molecule has 0 radical (unpaired) electrons. The largest absolute Gasteiger partial charge is 0.413 e. The van der Waals surface area contributed by atoms with Crippen LogP contribution in [0.5, 0.6) is 0 Å². The zero-order valence-corrected chi connectivity index (χ0v) is 20.1. The molecule has 0 rings (SSSR count). The third-order valence-electron chi connectivity index (χ3n) is 5.39. The summed E-state index contributed by atoms with van der Waals surface area (Å²) in [5.41, 5.74) is 0. The highest BCUT2D eigenvalue weighted by Crippen LogP contribution is 2.39. The average Bonchev–Trinajstić information content (AvgIpc) is 2.58. The lowest BCUT2D eigenvalue weighted by molar-refractivity contribution is -0.162. The molecule has 4 nitrogen and oxygen atoms in total. The van der Waals surface area contributed by atoms with Gasteiger partial charge in [-0.05, 0) is 43.3 Å². The van der Waals surface area contributed by atoms with Crippen LogP contribution in [0.2, 0.25) is 18.1 Å². The number of amides is 1. The molecule has 0 saturated heterocycles. The molecular weight excluding hydrogens is 354 g/mol. The van der Waals surface area contributed by atoms with Gasteiger partial charge in [-0.1, -0.05) is 65.0 Å². The quantitative estimate of drug-likeness (QED) is 0.205. The van der Waals surface area contributed by atoms with Gasteiger partial charge in [0, 0.05) is 13.1 Å². The molecule has 0 aliphatic carbocycles. The predicted octanol–water partition coefficient (Wildman–Crippen LogP) is 5.75. The van der Waals surface area contributed by atoms with Crippen LogP contribution in [0.1, 0.15) is 48.0 Å². The fourth-order valence-electron chi connectivity index (χ4n) is 2.41. The monoisotopic (exact) mass is 395 g/mol. The third kappa shape index (κ3) is 9.04. The van der Waals surface area contributed by atoms with Crippen molar-refractivity contribution in [2.24, 2.45) is 11.8 Å². The van der Waals surface area contributed by atoms with Crippen molar-refractivity contribution < 1.29 is 14.1 Å². The first-order chi connectivity index (χ1) is 12.4. The van der Waals surface area contributed by atoms with Gasteiger partial charge in [0.05, 0.1) is 13.2 Å². The van der Waals surface area contributed by atoms with Crippen molar-refractivity contribution >= 4 is 14.2 Å². The molecule has 0 aromatic rings. The first-order valence-corrected chi connectivity index (χ1v) is 12.7. The van der Waals surface area contributed by atoms with Crippen molar-refractivity contribution in [1.82, 2.24) is 5.06 Å². The van der Waals surface area contributed by atoms with Crippen molar-refractivity contribution in [2.45, 2.75) is 72.2 Å². The Morgan fingerprint density at radius 3 is 2.26 bits per heavy atom. The number of hydrogen-bond donors (Lipinski definition) is 0. The molecule has 0 heterocycles. The van der Waals surface area contributed by atoms with E-state index in [0.29, 0.717) is 5.92 Å². The van der Waals surface area contributed by atoms with Gasteiger partial charge in [0.1, 0.15) is 0 Å². The molecule has 0 saturated carbocycles. The van der Waals surface area contributed by atoms with Crippen molar-refractivity contribution in [1.29, 1.82) is 0 Å². The van der Waals surface area contributed by atoms with Crippen molar-refractivity contribution in [3.63, 3.8) is 0 Å². The number of hydrogen-bond acceptors (Lipinski definition) is 3. The Labute approximate surface area is 168 Å². The van der Waals surface area contributed by atoms with Gasteiger partial charge in [-0.15, -0.1) is 0 Å². The Balaban J connectivity index is 5.44. The second-order valence-corrected chi connectivity index (χ2v) is 13.5. The summed E-state index contributed by atoms with van der Waals surface area (Å²) in [7, 11) is 1.17. The Morgan fingerprint density at radius 2 is 1.78 bits per heavy atom. The van der Waals surface area contributed by atoms with E-state index in [2.05, 4.69) is 59.9 Å². The maximum Gasteiger partial charge on any atom is 0.269 e. The molecule has 1 amide bonds. The summed E-state index contributed by atoms with van der Waals surface area (Å²) in [4.78, 5) is 17.0. The van der Waals surface area contributed by atoms with E-state index in [0.717, 1.165) is 6.42 Å². The number of likely N-dealkylation sites (N-methyl/N-ethyl adjacent to an activating group) is 1. The molecule has 0 spiro atoms. The van der Waals surface area contributed by atoms with Gasteiger partial charge in [-0.2, -0.15) is 0 Å². The van der Waals surface area contributed by atoms with Gasteiger partial charge >= 0.3 is 0 Å². The minimum absolute atomic E-state index is 0.0537. The molecular formula is C22H41NO3Si. The van der Waals surface area contributed by atoms with Crippen molar-refractivity contribution in [3.8, 4) is 0 Å². The zero-order valence-electron chi connectivity index (χ0n) is 19.1. The fraction of sp³-hybridized carbons (Fsp3) is 0.682. The van der Waals surface area contributed by atoms with E-state index in [1.54, 1.807) is 13.1 Å². The van der Waals surface area contributed by atoms with Crippen LogP contribution in [0, 0.1) is 11.8 Å². The first-order valence-electron chi connectivity index (χ1n) is 9.83. The number of nitrogens with zero attached hydrogens (tertiary/aromatic N) is 1. The van der Waals surface area contributed by atoms with Crippen LogP contribution in [0.3, 0.4) is 0 Å². The van der Waals surface area contributed by atoms with Crippen molar-refractivity contribution in [3.05, 3.63) is 36.5 Å². The maximum absolute atomic E-state index is 12.0. The standard InChI is InChI=1S/C22H41NO3Si/c1-11-12-13-14-15-18(2)21(26-27(9,10)22(4,5)6)19(3)16-17-20(24)23(7)25-8/h11-14,16-19,21H,15H2,1-10H3/b12-11+,14-13+,17-16+/t18-,19+,21+/m1/s1. The maximum atomic E-state index is 12.0. The van der Waals surface area contributed by atoms with Gasteiger partial charge in [-0.25, -0.2) is 5.06 Å². The van der Waals surface area contributed by atoms with E-state index in [9.17, 15) is 4.79 Å². The molecule has 0 bridgehead atoms. The van der Waals surface area contributed by atoms with Gasteiger partial charge in [0.15, 0.2) is 8.32 Å². The van der Waals surface area contributed by atoms with Crippen molar-refractivity contribution in [2.75, 3.05) is 14.2 Å². The lowest BCUT2D eigenvalue weighted by Crippen LogP contribution is -2.47. The van der Waals surface area contributed by atoms with E-state index in [4.69, 9.17) is 9.26 Å². The lowest BCUT2D eigenvalue weighted by Gasteiger charge is -2.42. The number of carbonyl (C=O) groups is 1. The van der Waals surface area contributed by atoms with Crippen LogP contribution in [-0.4, -0.2) is 39.5 Å². The van der Waals surface area contributed by atoms with Gasteiger partial charge in [-0.3, -0.25) is 9.63 Å². The molecule has 0 N–H and O–H groups in total. The molecule has 0 aromatic carbocycles. The highest BCUT2D eigenvalue weighted by molar-refractivity contribution is 6.74. The van der Waals surface area contributed by atoms with E-state index in [-0.39, 0.29) is 23.0 Å². The summed E-state index contributed by atoms with van der Waals surface area (Å²) >= 11 is 0. The summed E-state index contributed by atoms with van der Waals surface area (Å²) in [5.74, 6) is 0.296. The SMILES string of the molecule is C/C=C/C=C/C[C@@H](C)[C@H](O[Si](C)(C)C(C)(C)C)[C@@H](C)/C=C/C(=O)N(C)OC. The summed E-state index contributed by atoms with van der Waals surface area (Å²) in [6.07, 6.45) is 12.9. The highest BCUT2D eigenvalue weighted by Gasteiger charge is 2.41. The summed E-state index contributed by atoms with van der Waals surface area (Å²) in [5, 5.41) is 1.36. The molecule has 0 unspecified atom stereocenters. The Hall–Kier alpha value is -1.17. The summed E-state index contributed by atoms with van der Waals surface area (Å²) in [6, 6.07) is 0. The lowest BCUT2D eigenvalue weighted by atomic mass is 9.90. The Morgan fingerprint density at radius 1 is 1.19 bits per heavy atom. The molecule has 27 heavy (non-hydrogen) atoms. The van der Waals surface area contributed by atoms with Crippen LogP contribution < -0.4 is 0 Å². The molecule has 0 aromatic heterocycles. The Bertz CT molecular complexity index is 532. The molecule has 3 atom stereocenters. The normalized spacial score (nSPS) is 17.0. The highest BCUT2D eigenvalue weighted by atomic mass is 28.4.